The summed E-state index contributed by atoms with van der Waals surface area (Å²) in [6, 6.07) is 23.5. The average Bonchev–Trinajstić information content (AvgIpc) is 3.62. The number of ether oxygens (including phenoxy) is 2. The van der Waals surface area contributed by atoms with Gasteiger partial charge in [-0.15, -0.1) is 6.58 Å². The number of benzene rings is 3. The summed E-state index contributed by atoms with van der Waals surface area (Å²) in [6.07, 6.45) is 5.70. The minimum Gasteiger partial charge on any atom is -0.490 e. The standard InChI is InChI=1S/C34H30N2O6S/c1-3-9-26-18-24(19-29(40-4-2)31(26)42-22-23-13-15-25(16-14-23)33(38)39)20-30-32(37)36(21-28-12-8-17-41-28)34(43-30)35-27-10-6-5-7-11-27/h3,5-8,10-20H,1,4,9,21-22H2,2H3,(H,38,39)/b30-20-,35-34?. The molecule has 0 saturated carbocycles. The van der Waals surface area contributed by atoms with E-state index in [4.69, 9.17) is 18.9 Å². The Bertz CT molecular complexity index is 1660. The number of aliphatic imine (C=N–C) groups is 1. The molecule has 0 aliphatic carbocycles. The van der Waals surface area contributed by atoms with Crippen LogP contribution in [0.1, 0.15) is 39.7 Å². The number of furan rings is 1. The molecule has 1 fully saturated rings. The molecular weight excluding hydrogens is 564 g/mol. The molecule has 2 heterocycles. The molecule has 0 radical (unpaired) electrons. The lowest BCUT2D eigenvalue weighted by Crippen LogP contribution is -2.28. The van der Waals surface area contributed by atoms with E-state index in [9.17, 15) is 14.7 Å². The highest BCUT2D eigenvalue weighted by Crippen LogP contribution is 2.39. The van der Waals surface area contributed by atoms with Crippen molar-refractivity contribution < 1.29 is 28.6 Å². The van der Waals surface area contributed by atoms with Gasteiger partial charge in [-0.25, -0.2) is 9.79 Å². The largest absolute Gasteiger partial charge is 0.490 e. The lowest BCUT2D eigenvalue weighted by molar-refractivity contribution is -0.122. The van der Waals surface area contributed by atoms with Gasteiger partial charge < -0.3 is 19.0 Å². The molecule has 0 bridgehead atoms. The summed E-state index contributed by atoms with van der Waals surface area (Å²) in [5.74, 6) is 0.608. The van der Waals surface area contributed by atoms with E-state index < -0.39 is 5.97 Å². The van der Waals surface area contributed by atoms with E-state index in [1.807, 2.05) is 61.5 Å². The summed E-state index contributed by atoms with van der Waals surface area (Å²) < 4.78 is 17.7. The number of carboxylic acids is 1. The van der Waals surface area contributed by atoms with Gasteiger partial charge in [-0.05, 0) is 90.8 Å². The van der Waals surface area contributed by atoms with E-state index in [0.717, 1.165) is 22.4 Å². The number of para-hydroxylation sites is 1. The molecule has 1 aliphatic rings. The maximum atomic E-state index is 13.7. The van der Waals surface area contributed by atoms with Crippen molar-refractivity contribution in [2.24, 2.45) is 4.99 Å². The van der Waals surface area contributed by atoms with Crippen molar-refractivity contribution >= 4 is 40.6 Å². The molecule has 0 spiro atoms. The first-order valence-electron chi connectivity index (χ1n) is 13.7. The SMILES string of the molecule is C=CCc1cc(/C=C2\SC(=Nc3ccccc3)N(Cc3ccco3)C2=O)cc(OCC)c1OCc1ccc(C(=O)O)cc1. The van der Waals surface area contributed by atoms with Gasteiger partial charge in [0.15, 0.2) is 16.7 Å². The van der Waals surface area contributed by atoms with E-state index in [2.05, 4.69) is 6.58 Å². The first-order chi connectivity index (χ1) is 20.9. The van der Waals surface area contributed by atoms with Crippen LogP contribution in [0, 0.1) is 0 Å². The van der Waals surface area contributed by atoms with Crippen LogP contribution in [-0.4, -0.2) is 33.7 Å². The van der Waals surface area contributed by atoms with Gasteiger partial charge in [0.1, 0.15) is 12.4 Å². The molecule has 1 amide bonds. The Balaban J connectivity index is 1.46. The molecule has 9 heteroatoms. The molecular formula is C34H30N2O6S. The van der Waals surface area contributed by atoms with E-state index in [1.165, 1.54) is 11.8 Å². The molecule has 0 unspecified atom stereocenters. The number of rotatable bonds is 12. The third kappa shape index (κ3) is 7.25. The predicted molar refractivity (Wildman–Crippen MR) is 168 cm³/mol. The number of amides is 1. The van der Waals surface area contributed by atoms with Crippen LogP contribution in [0.15, 0.2) is 112 Å². The fraction of sp³-hybridized carbons (Fsp3) is 0.147. The zero-order valence-corrected chi connectivity index (χ0v) is 24.4. The Morgan fingerprint density at radius 2 is 1.86 bits per heavy atom. The third-order valence-electron chi connectivity index (χ3n) is 6.46. The summed E-state index contributed by atoms with van der Waals surface area (Å²) in [5, 5.41) is 9.73. The highest BCUT2D eigenvalue weighted by atomic mass is 32.2. The average molecular weight is 595 g/mol. The van der Waals surface area contributed by atoms with Gasteiger partial charge in [0.25, 0.3) is 5.91 Å². The summed E-state index contributed by atoms with van der Waals surface area (Å²) >= 11 is 1.30. The number of allylic oxidation sites excluding steroid dienone is 1. The Hall–Kier alpha value is -5.02. The van der Waals surface area contributed by atoms with Gasteiger partial charge in [-0.2, -0.15) is 0 Å². The second kappa shape index (κ2) is 13.8. The summed E-state index contributed by atoms with van der Waals surface area (Å²) in [7, 11) is 0. The zero-order valence-electron chi connectivity index (χ0n) is 23.6. The summed E-state index contributed by atoms with van der Waals surface area (Å²) in [4.78, 5) is 31.7. The normalized spacial score (nSPS) is 14.8. The first-order valence-corrected chi connectivity index (χ1v) is 14.5. The zero-order chi connectivity index (χ0) is 30.2. The van der Waals surface area contributed by atoms with Crippen LogP contribution in [0.2, 0.25) is 0 Å². The third-order valence-corrected chi connectivity index (χ3v) is 7.47. The second-order valence-corrected chi connectivity index (χ2v) is 10.5. The molecule has 3 aromatic carbocycles. The van der Waals surface area contributed by atoms with Crippen LogP contribution < -0.4 is 9.47 Å². The molecule has 43 heavy (non-hydrogen) atoms. The summed E-state index contributed by atoms with van der Waals surface area (Å²) in [6.45, 7) is 6.68. The Labute approximate surface area is 254 Å². The quantitative estimate of drug-likeness (QED) is 0.134. The highest BCUT2D eigenvalue weighted by Gasteiger charge is 2.34. The predicted octanol–water partition coefficient (Wildman–Crippen LogP) is 7.49. The van der Waals surface area contributed by atoms with E-state index in [-0.39, 0.29) is 24.6 Å². The number of nitrogens with zero attached hydrogens (tertiary/aromatic N) is 2. The van der Waals surface area contributed by atoms with E-state index in [0.29, 0.717) is 40.4 Å². The Morgan fingerprint density at radius 3 is 2.53 bits per heavy atom. The van der Waals surface area contributed by atoms with Crippen LogP contribution in [0.5, 0.6) is 11.5 Å². The number of hydrogen-bond donors (Lipinski definition) is 1. The molecule has 0 atom stereocenters. The molecule has 218 valence electrons. The van der Waals surface area contributed by atoms with E-state index in [1.54, 1.807) is 47.6 Å². The maximum absolute atomic E-state index is 13.7. The molecule has 1 aromatic heterocycles. The molecule has 1 aliphatic heterocycles. The van der Waals surface area contributed by atoms with Gasteiger partial charge in [-0.3, -0.25) is 9.69 Å². The molecule has 1 N–H and O–H groups in total. The van der Waals surface area contributed by atoms with E-state index >= 15 is 0 Å². The molecule has 5 rings (SSSR count). The smallest absolute Gasteiger partial charge is 0.335 e. The highest BCUT2D eigenvalue weighted by molar-refractivity contribution is 8.18. The number of carbonyl (C=O) groups excluding carboxylic acids is 1. The number of carboxylic acid groups (broad SMARTS) is 1. The number of thioether (sulfide) groups is 1. The van der Waals surface area contributed by atoms with Crippen molar-refractivity contribution in [3.05, 3.63) is 131 Å². The molecule has 1 saturated heterocycles. The second-order valence-electron chi connectivity index (χ2n) is 9.54. The van der Waals surface area contributed by atoms with Crippen molar-refractivity contribution in [3.8, 4) is 11.5 Å². The van der Waals surface area contributed by atoms with Crippen molar-refractivity contribution in [2.45, 2.75) is 26.5 Å². The minimum atomic E-state index is -0.981. The molecule has 8 nitrogen and oxygen atoms in total. The fourth-order valence-corrected chi connectivity index (χ4v) is 5.45. The first kappa shape index (κ1) is 29.5. The topological polar surface area (TPSA) is 102 Å². The van der Waals surface area contributed by atoms with Crippen LogP contribution in [0.25, 0.3) is 6.08 Å². The van der Waals surface area contributed by atoms with Gasteiger partial charge in [-0.1, -0.05) is 36.4 Å². The van der Waals surface area contributed by atoms with Crippen molar-refractivity contribution in [1.82, 2.24) is 4.90 Å². The Kier molecular flexibility index (Phi) is 9.43. The lowest BCUT2D eigenvalue weighted by atomic mass is 10.0. The molecule has 4 aromatic rings. The van der Waals surface area contributed by atoms with Crippen LogP contribution in [0.4, 0.5) is 5.69 Å². The fourth-order valence-electron chi connectivity index (χ4n) is 4.45. The van der Waals surface area contributed by atoms with Crippen LogP contribution >= 0.6 is 11.8 Å². The number of hydrogen-bond acceptors (Lipinski definition) is 7. The van der Waals surface area contributed by atoms with Crippen molar-refractivity contribution in [1.29, 1.82) is 0 Å². The monoisotopic (exact) mass is 594 g/mol. The Morgan fingerprint density at radius 1 is 1.07 bits per heavy atom. The van der Waals surface area contributed by atoms with Gasteiger partial charge >= 0.3 is 5.97 Å². The van der Waals surface area contributed by atoms with Crippen LogP contribution in [-0.2, 0) is 24.4 Å². The number of aromatic carboxylic acids is 1. The minimum absolute atomic E-state index is 0.176. The van der Waals surface area contributed by atoms with Crippen molar-refractivity contribution in [2.75, 3.05) is 6.61 Å². The summed E-state index contributed by atoms with van der Waals surface area (Å²) in [5.41, 5.74) is 3.39. The lowest BCUT2D eigenvalue weighted by Gasteiger charge is -2.17. The van der Waals surface area contributed by atoms with Crippen molar-refractivity contribution in [3.63, 3.8) is 0 Å². The maximum Gasteiger partial charge on any atom is 0.335 e. The van der Waals surface area contributed by atoms with Crippen LogP contribution in [0.3, 0.4) is 0 Å². The number of carbonyl (C=O) groups is 2. The van der Waals surface area contributed by atoms with Gasteiger partial charge in [0.05, 0.1) is 35.6 Å². The van der Waals surface area contributed by atoms with Gasteiger partial charge in [0.2, 0.25) is 0 Å². The number of amidine groups is 1. The van der Waals surface area contributed by atoms with Gasteiger partial charge in [0, 0.05) is 5.56 Å².